The number of benzene rings is 1. The van der Waals surface area contributed by atoms with Crippen molar-refractivity contribution in [1.29, 1.82) is 0 Å². The number of carbonyl (C=O) groups excluding carboxylic acids is 6. The van der Waals surface area contributed by atoms with Gasteiger partial charge < -0.3 is 41.6 Å². The zero-order valence-electron chi connectivity index (χ0n) is 44.7. The Morgan fingerprint density at radius 2 is 1.58 bits per heavy atom. The molecule has 1 aliphatic rings. The number of unbranched alkanes of at least 4 members (excludes halogenated alkanes) is 2. The Balaban J connectivity index is 1.21. The number of hydrazine groups is 1. The third-order valence-corrected chi connectivity index (χ3v) is 18.1. The number of nitrogens with one attached hydrogen (secondary N) is 4. The highest BCUT2D eigenvalue weighted by Gasteiger charge is 2.35. The number of thioether (sulfide) groups is 1. The Morgan fingerprint density at radius 1 is 0.852 bits per heavy atom. The fraction of sp³-hybridized carbons (Fsp3) is 0.377. The van der Waals surface area contributed by atoms with Gasteiger partial charge in [-0.25, -0.2) is 35.7 Å². The highest BCUT2D eigenvalue weighted by atomic mass is 32.2. The number of aromatic nitrogens is 6. The van der Waals surface area contributed by atoms with Gasteiger partial charge in [0.2, 0.25) is 11.8 Å². The number of thiazole rings is 5. The molecule has 81 heavy (non-hydrogen) atoms. The van der Waals surface area contributed by atoms with E-state index in [4.69, 9.17) is 41.2 Å². The summed E-state index contributed by atoms with van der Waals surface area (Å²) in [4.78, 5) is 116. The number of pyridine rings is 1. The quantitative estimate of drug-likeness (QED) is 0.0228. The van der Waals surface area contributed by atoms with Crippen LogP contribution in [0.5, 0.6) is 0 Å². The Labute approximate surface area is 491 Å². The van der Waals surface area contributed by atoms with Crippen molar-refractivity contribution < 1.29 is 38.6 Å². The maximum atomic E-state index is 14.2. The predicted octanol–water partition coefficient (Wildman–Crippen LogP) is 7.39. The van der Waals surface area contributed by atoms with Gasteiger partial charge in [0.15, 0.2) is 0 Å². The number of nitrogens with zero attached hydrogens (tertiary/aromatic N) is 8. The van der Waals surface area contributed by atoms with Crippen LogP contribution in [0.15, 0.2) is 69.0 Å². The molecule has 1 aromatic carbocycles. The molecule has 9 N–H and O–H groups in total. The van der Waals surface area contributed by atoms with E-state index in [9.17, 15) is 33.9 Å². The van der Waals surface area contributed by atoms with E-state index in [1.165, 1.54) is 52.9 Å². The van der Waals surface area contributed by atoms with Crippen molar-refractivity contribution in [2.75, 3.05) is 38.4 Å². The molecule has 5 atom stereocenters. The molecule has 0 fully saturated rings. The monoisotopic (exact) mass is 1210 g/mol. The van der Waals surface area contributed by atoms with Crippen molar-refractivity contribution in [3.8, 4) is 43.4 Å². The number of rotatable bonds is 15. The first-order valence-corrected chi connectivity index (χ1v) is 31.2. The third-order valence-electron chi connectivity index (χ3n) is 12.7. The summed E-state index contributed by atoms with van der Waals surface area (Å²) in [6.45, 7) is 5.62. The molecule has 426 valence electrons. The number of nitrogens with two attached hydrogens (primary N) is 2. The fourth-order valence-electron chi connectivity index (χ4n) is 8.44. The lowest BCUT2D eigenvalue weighted by atomic mass is 10.0. The molecule has 5 amide bonds. The van der Waals surface area contributed by atoms with Crippen LogP contribution < -0.4 is 32.8 Å². The number of aliphatic imine (C=N–C) groups is 1. The minimum absolute atomic E-state index is 0.0502. The summed E-state index contributed by atoms with van der Waals surface area (Å²) in [5.41, 5.74) is 8.42. The van der Waals surface area contributed by atoms with E-state index >= 15 is 0 Å². The first-order chi connectivity index (χ1) is 39.1. The number of aldehydes is 1. The van der Waals surface area contributed by atoms with Gasteiger partial charge in [-0.15, -0.1) is 68.4 Å². The van der Waals surface area contributed by atoms with Gasteiger partial charge in [0.1, 0.15) is 83.8 Å². The number of ether oxygens (including phenoxy) is 1. The molecule has 8 rings (SSSR count). The first-order valence-electron chi connectivity index (χ1n) is 25.7. The topological polar surface area (TPSA) is 325 Å². The van der Waals surface area contributed by atoms with Gasteiger partial charge in [0.25, 0.3) is 17.7 Å². The molecule has 1 unspecified atom stereocenters. The summed E-state index contributed by atoms with van der Waals surface area (Å²) >= 11 is 7.30. The zero-order chi connectivity index (χ0) is 57.7. The average molecular weight is 1210 g/mol. The number of methoxy groups -OCH3 is 1. The van der Waals surface area contributed by atoms with Gasteiger partial charge in [-0.1, -0.05) is 50.6 Å². The molecular weight excluding hydrogens is 1150 g/mol. The lowest BCUT2D eigenvalue weighted by molar-refractivity contribution is -0.138. The van der Waals surface area contributed by atoms with Crippen molar-refractivity contribution in [3.63, 3.8) is 0 Å². The van der Waals surface area contributed by atoms with Crippen LogP contribution in [0.3, 0.4) is 0 Å². The predicted molar refractivity (Wildman–Crippen MR) is 318 cm³/mol. The van der Waals surface area contributed by atoms with Crippen LogP contribution in [0, 0.1) is 12.8 Å². The van der Waals surface area contributed by atoms with Crippen LogP contribution in [0.1, 0.15) is 112 Å². The maximum absolute atomic E-state index is 14.2. The lowest BCUT2D eigenvalue weighted by Crippen LogP contribution is -2.49. The van der Waals surface area contributed by atoms with Crippen LogP contribution in [0.25, 0.3) is 43.4 Å². The number of amides is 5. The lowest BCUT2D eigenvalue weighted by Gasteiger charge is -2.30. The number of hydrogen-bond acceptors (Lipinski definition) is 23. The largest absolute Gasteiger partial charge is 0.386 e. The van der Waals surface area contributed by atoms with Gasteiger partial charge >= 0.3 is 0 Å². The SMILES string of the molecule is COCCC1N=C(SC)[C@H](C(C)C)NC(=O)c2nc(sc2C)[C@H](CC=O)NC(=O)c2csc(n2)-c2ccc(-c3nc(NC(=O)CCCCCN)cs3)nc2-c2csc(n2)-c2csc(n2)[C@H]([C@@H](O)c2ccccc2)N(N)C(=O)CNC1=O. The van der Waals surface area contributed by atoms with Gasteiger partial charge in [-0.05, 0) is 56.2 Å². The van der Waals surface area contributed by atoms with E-state index in [0.29, 0.717) is 95.3 Å². The normalized spacial score (nSPS) is 17.9. The van der Waals surface area contributed by atoms with E-state index in [2.05, 4.69) is 31.2 Å². The van der Waals surface area contributed by atoms with Gasteiger partial charge in [-0.3, -0.25) is 34.0 Å². The van der Waals surface area contributed by atoms with Crippen LogP contribution in [0.4, 0.5) is 5.82 Å². The second kappa shape index (κ2) is 28.4. The zero-order valence-corrected chi connectivity index (χ0v) is 49.6. The van der Waals surface area contributed by atoms with E-state index in [0.717, 1.165) is 40.5 Å². The number of aryl methyl sites for hydroxylation is 1. The standard InChI is InChI=1S/C53H60N14O8S6/c1-27(2)40-52(76-5)59-31(18-21-75-4)45(72)56-22-39(70)67(55)43(44(71)29-12-8-6-9-13-29)53-62-36(25-79-53)50-60-34(23-78-50)42-30(15-16-32(57-42)49-64-37(26-80-49)63-38(69)14-10-7-11-19-54)48-61-35(24-77-48)46(73)58-33(17-20-68)51-66-41(28(3)81-51)47(74)65-40/h6,8-9,12-13,15-16,20,23-27,31,33,40,43-44,71H,7,10-11,14,17-19,21-22,54-55H2,1-5H3,(H,56,72)(H,58,73)(H,63,69)(H,65,74)/t31?,33-,40-,43-,44-/m0/s1. The molecule has 0 radical (unpaired) electrons. The second-order valence-corrected chi connectivity index (χ2v) is 24.3. The number of carbonyl (C=O) groups is 6. The second-order valence-electron chi connectivity index (χ2n) is 18.8. The molecule has 0 saturated heterocycles. The summed E-state index contributed by atoms with van der Waals surface area (Å²) in [7, 11) is 1.49. The Bertz CT molecular complexity index is 3380. The maximum Gasteiger partial charge on any atom is 0.271 e. The van der Waals surface area contributed by atoms with Crippen LogP contribution >= 0.6 is 68.4 Å². The third kappa shape index (κ3) is 14.9. The Kier molecular flexibility index (Phi) is 21.2. The van der Waals surface area contributed by atoms with Gasteiger partial charge in [0.05, 0.1) is 29.4 Å². The molecule has 0 saturated carbocycles. The molecule has 7 heterocycles. The molecule has 6 aromatic heterocycles. The van der Waals surface area contributed by atoms with E-state index in [1.54, 1.807) is 77.2 Å². The van der Waals surface area contributed by atoms with Crippen molar-refractivity contribution in [3.05, 3.63) is 95.8 Å². The number of fused-ring (bicyclic) bond motifs is 12. The number of anilines is 1. The highest BCUT2D eigenvalue weighted by Crippen LogP contribution is 2.40. The van der Waals surface area contributed by atoms with Crippen molar-refractivity contribution in [2.45, 2.75) is 89.6 Å². The molecule has 8 bridgehead atoms. The van der Waals surface area contributed by atoms with E-state index in [1.807, 2.05) is 13.8 Å². The van der Waals surface area contributed by atoms with Crippen molar-refractivity contribution in [1.82, 2.24) is 50.9 Å². The fourth-order valence-corrected chi connectivity index (χ4v) is 13.6. The van der Waals surface area contributed by atoms with Crippen molar-refractivity contribution >= 4 is 115 Å². The minimum atomic E-state index is -1.37. The smallest absolute Gasteiger partial charge is 0.271 e. The summed E-state index contributed by atoms with van der Waals surface area (Å²) in [5, 5.41) is 33.6. The minimum Gasteiger partial charge on any atom is -0.386 e. The average Bonchev–Trinajstić information content (AvgIpc) is 4.37. The highest BCUT2D eigenvalue weighted by molar-refractivity contribution is 8.13. The molecule has 28 heteroatoms. The first kappa shape index (κ1) is 60.5. The summed E-state index contributed by atoms with van der Waals surface area (Å²) in [5.74, 6) is 4.16. The molecule has 0 aliphatic carbocycles. The van der Waals surface area contributed by atoms with Crippen LogP contribution in [0.2, 0.25) is 0 Å². The van der Waals surface area contributed by atoms with Crippen molar-refractivity contribution in [2.24, 2.45) is 22.5 Å². The molecule has 7 aromatic rings. The Morgan fingerprint density at radius 3 is 2.32 bits per heavy atom. The summed E-state index contributed by atoms with van der Waals surface area (Å²) < 4.78 is 5.35. The number of aliphatic hydroxyl groups excluding tert-OH is 1. The molecule has 0 spiro atoms. The molecule has 22 nitrogen and oxygen atoms in total. The van der Waals surface area contributed by atoms with Gasteiger partial charge in [-0.2, -0.15) is 0 Å². The van der Waals surface area contributed by atoms with E-state index < -0.39 is 60.4 Å². The van der Waals surface area contributed by atoms with Gasteiger partial charge in [0, 0.05) is 64.9 Å². The molecule has 1 aliphatic heterocycles. The Hall–Kier alpha value is -6.60. The molecular formula is C53H60N14O8S6. The van der Waals surface area contributed by atoms with Crippen LogP contribution in [-0.4, -0.2) is 126 Å². The summed E-state index contributed by atoms with van der Waals surface area (Å²) in [6, 6.07) is 8.33. The number of aliphatic hydroxyl groups is 1. The number of hydrogen-bond donors (Lipinski definition) is 7. The van der Waals surface area contributed by atoms with E-state index in [-0.39, 0.29) is 47.7 Å². The summed E-state index contributed by atoms with van der Waals surface area (Å²) in [6.07, 6.45) is 3.74. The van der Waals surface area contributed by atoms with Crippen LogP contribution in [-0.2, 0) is 23.9 Å².